The molecule has 0 radical (unpaired) electrons. The van der Waals surface area contributed by atoms with Gasteiger partial charge in [-0.1, -0.05) is 6.92 Å². The van der Waals surface area contributed by atoms with Crippen LogP contribution >= 0.6 is 0 Å². The van der Waals surface area contributed by atoms with Gasteiger partial charge >= 0.3 is 0 Å². The Labute approximate surface area is 119 Å². The van der Waals surface area contributed by atoms with Gasteiger partial charge in [0.2, 0.25) is 0 Å². The van der Waals surface area contributed by atoms with Crippen molar-refractivity contribution in [2.45, 2.75) is 32.4 Å². The highest BCUT2D eigenvalue weighted by molar-refractivity contribution is 5.80. The minimum absolute atomic E-state index is 0.145. The lowest BCUT2D eigenvalue weighted by atomic mass is 10.1. The normalized spacial score (nSPS) is 18.1. The van der Waals surface area contributed by atoms with Crippen molar-refractivity contribution < 1.29 is 14.3 Å². The Balaban J connectivity index is 2.04. The topological polar surface area (TPSA) is 59.6 Å². The lowest BCUT2D eigenvalue weighted by Gasteiger charge is -2.14. The van der Waals surface area contributed by atoms with Gasteiger partial charge in [0.05, 0.1) is 6.04 Å². The predicted octanol–water partition coefficient (Wildman–Crippen LogP) is 1.63. The fourth-order valence-electron chi connectivity index (χ4n) is 2.21. The summed E-state index contributed by atoms with van der Waals surface area (Å²) in [5, 5.41) is 6.01. The second-order valence-electron chi connectivity index (χ2n) is 4.89. The number of ether oxygens (including phenoxy) is 2. The molecule has 2 atom stereocenters. The van der Waals surface area contributed by atoms with Crippen LogP contribution in [0.2, 0.25) is 0 Å². The van der Waals surface area contributed by atoms with Gasteiger partial charge in [0.1, 0.15) is 18.1 Å². The minimum Gasteiger partial charge on any atom is -0.491 e. The summed E-state index contributed by atoms with van der Waals surface area (Å²) in [5.74, 6) is 1.34. The van der Waals surface area contributed by atoms with E-state index in [-0.39, 0.29) is 11.9 Å². The molecule has 5 heteroatoms. The number of amides is 1. The Morgan fingerprint density at radius 1 is 1.55 bits per heavy atom. The zero-order valence-electron chi connectivity index (χ0n) is 12.2. The SMILES string of the molecule is CCCNC1COc2cc(OC(C)C(=O)NC)ccc21. The molecule has 2 rings (SSSR count). The maximum Gasteiger partial charge on any atom is 0.260 e. The molecule has 2 unspecified atom stereocenters. The molecule has 1 aromatic carbocycles. The molecule has 0 spiro atoms. The first-order chi connectivity index (χ1) is 9.65. The van der Waals surface area contributed by atoms with E-state index in [9.17, 15) is 4.79 Å². The monoisotopic (exact) mass is 278 g/mol. The fourth-order valence-corrected chi connectivity index (χ4v) is 2.21. The van der Waals surface area contributed by atoms with Crippen LogP contribution in [0.25, 0.3) is 0 Å². The highest BCUT2D eigenvalue weighted by atomic mass is 16.5. The average molecular weight is 278 g/mol. The molecular weight excluding hydrogens is 256 g/mol. The van der Waals surface area contributed by atoms with Crippen molar-refractivity contribution in [1.82, 2.24) is 10.6 Å². The zero-order valence-corrected chi connectivity index (χ0v) is 12.2. The zero-order chi connectivity index (χ0) is 14.5. The molecule has 1 aromatic rings. The fraction of sp³-hybridized carbons (Fsp3) is 0.533. The predicted molar refractivity (Wildman–Crippen MR) is 77.1 cm³/mol. The summed E-state index contributed by atoms with van der Waals surface area (Å²) in [4.78, 5) is 11.4. The van der Waals surface area contributed by atoms with E-state index in [1.54, 1.807) is 14.0 Å². The summed E-state index contributed by atoms with van der Waals surface area (Å²) in [5.41, 5.74) is 1.15. The van der Waals surface area contributed by atoms with Crippen LogP contribution < -0.4 is 20.1 Å². The average Bonchev–Trinajstić information content (AvgIpc) is 2.86. The van der Waals surface area contributed by atoms with Crippen LogP contribution in [0.4, 0.5) is 0 Å². The largest absolute Gasteiger partial charge is 0.491 e. The van der Waals surface area contributed by atoms with Gasteiger partial charge in [-0.3, -0.25) is 4.79 Å². The van der Waals surface area contributed by atoms with Crippen molar-refractivity contribution in [3.8, 4) is 11.5 Å². The maximum atomic E-state index is 11.4. The summed E-state index contributed by atoms with van der Waals surface area (Å²) in [6.07, 6.45) is 0.574. The molecule has 1 amide bonds. The van der Waals surface area contributed by atoms with Gasteiger partial charge in [-0.2, -0.15) is 0 Å². The van der Waals surface area contributed by atoms with Gasteiger partial charge < -0.3 is 20.1 Å². The molecule has 110 valence electrons. The number of nitrogens with one attached hydrogen (secondary N) is 2. The third-order valence-electron chi connectivity index (χ3n) is 3.34. The third-order valence-corrected chi connectivity index (χ3v) is 3.34. The van der Waals surface area contributed by atoms with Gasteiger partial charge in [-0.25, -0.2) is 0 Å². The van der Waals surface area contributed by atoms with E-state index in [4.69, 9.17) is 9.47 Å². The molecule has 1 aliphatic rings. The Hall–Kier alpha value is -1.75. The van der Waals surface area contributed by atoms with Crippen molar-refractivity contribution in [3.05, 3.63) is 23.8 Å². The summed E-state index contributed by atoms with van der Waals surface area (Å²) in [6.45, 7) is 5.47. The lowest BCUT2D eigenvalue weighted by Crippen LogP contribution is -2.33. The third kappa shape index (κ3) is 3.22. The molecule has 0 saturated heterocycles. The summed E-state index contributed by atoms with van der Waals surface area (Å²) >= 11 is 0. The second kappa shape index (κ2) is 6.61. The second-order valence-corrected chi connectivity index (χ2v) is 4.89. The van der Waals surface area contributed by atoms with Gasteiger partial charge in [0, 0.05) is 18.7 Å². The maximum absolute atomic E-state index is 11.4. The number of carbonyl (C=O) groups is 1. The van der Waals surface area contributed by atoms with Crippen LogP contribution in [-0.2, 0) is 4.79 Å². The molecular formula is C15H22N2O3. The van der Waals surface area contributed by atoms with Crippen molar-refractivity contribution >= 4 is 5.91 Å². The summed E-state index contributed by atoms with van der Waals surface area (Å²) in [6, 6.07) is 5.98. The summed E-state index contributed by atoms with van der Waals surface area (Å²) in [7, 11) is 1.60. The number of carbonyl (C=O) groups excluding carboxylic acids is 1. The molecule has 0 bridgehead atoms. The Kier molecular flexibility index (Phi) is 4.84. The standard InChI is InChI=1S/C15H22N2O3/c1-4-7-17-13-9-19-14-8-11(5-6-12(13)14)20-10(2)15(18)16-3/h5-6,8,10,13,17H,4,7,9H2,1-3H3,(H,16,18). The highest BCUT2D eigenvalue weighted by Gasteiger charge is 2.24. The molecule has 20 heavy (non-hydrogen) atoms. The van der Waals surface area contributed by atoms with E-state index >= 15 is 0 Å². The van der Waals surface area contributed by atoms with Gasteiger partial charge in [-0.05, 0) is 32.0 Å². The first-order valence-corrected chi connectivity index (χ1v) is 7.04. The quantitative estimate of drug-likeness (QED) is 0.830. The van der Waals surface area contributed by atoms with Crippen molar-refractivity contribution in [2.75, 3.05) is 20.2 Å². The Bertz CT molecular complexity index is 476. The number of rotatable bonds is 6. The lowest BCUT2D eigenvalue weighted by molar-refractivity contribution is -0.126. The van der Waals surface area contributed by atoms with E-state index in [0.29, 0.717) is 12.4 Å². The number of hydrogen-bond donors (Lipinski definition) is 2. The molecule has 0 saturated carbocycles. The molecule has 0 aromatic heterocycles. The van der Waals surface area contributed by atoms with Gasteiger partial charge in [0.15, 0.2) is 6.10 Å². The number of benzene rings is 1. The minimum atomic E-state index is -0.520. The van der Waals surface area contributed by atoms with Crippen molar-refractivity contribution in [1.29, 1.82) is 0 Å². The smallest absolute Gasteiger partial charge is 0.260 e. The van der Waals surface area contributed by atoms with E-state index in [1.807, 2.05) is 18.2 Å². The number of hydrogen-bond acceptors (Lipinski definition) is 4. The first-order valence-electron chi connectivity index (χ1n) is 7.04. The Morgan fingerprint density at radius 3 is 3.05 bits per heavy atom. The molecule has 0 aliphatic carbocycles. The highest BCUT2D eigenvalue weighted by Crippen LogP contribution is 2.35. The van der Waals surface area contributed by atoms with Crippen LogP contribution in [0, 0.1) is 0 Å². The van der Waals surface area contributed by atoms with Crippen LogP contribution in [0.1, 0.15) is 31.9 Å². The van der Waals surface area contributed by atoms with E-state index in [0.717, 1.165) is 24.3 Å². The van der Waals surface area contributed by atoms with E-state index in [2.05, 4.69) is 17.6 Å². The molecule has 5 nitrogen and oxygen atoms in total. The summed E-state index contributed by atoms with van der Waals surface area (Å²) < 4.78 is 11.3. The van der Waals surface area contributed by atoms with Crippen molar-refractivity contribution in [3.63, 3.8) is 0 Å². The van der Waals surface area contributed by atoms with Gasteiger partial charge in [0.25, 0.3) is 5.91 Å². The molecule has 1 heterocycles. The van der Waals surface area contributed by atoms with E-state index < -0.39 is 6.10 Å². The van der Waals surface area contributed by atoms with Crippen LogP contribution in [0.15, 0.2) is 18.2 Å². The molecule has 0 fully saturated rings. The van der Waals surface area contributed by atoms with Crippen LogP contribution in [0.3, 0.4) is 0 Å². The number of fused-ring (bicyclic) bond motifs is 1. The van der Waals surface area contributed by atoms with Crippen LogP contribution in [-0.4, -0.2) is 32.2 Å². The molecule has 1 aliphatic heterocycles. The molecule has 2 N–H and O–H groups in total. The Morgan fingerprint density at radius 2 is 2.35 bits per heavy atom. The van der Waals surface area contributed by atoms with Gasteiger partial charge in [-0.15, -0.1) is 0 Å². The van der Waals surface area contributed by atoms with Crippen molar-refractivity contribution in [2.24, 2.45) is 0 Å². The number of likely N-dealkylation sites (N-methyl/N-ethyl adjacent to an activating group) is 1. The van der Waals surface area contributed by atoms with Crippen LogP contribution in [0.5, 0.6) is 11.5 Å². The van der Waals surface area contributed by atoms with E-state index in [1.165, 1.54) is 0 Å². The first kappa shape index (κ1) is 14.7.